The van der Waals surface area contributed by atoms with E-state index in [2.05, 4.69) is 27.5 Å². The van der Waals surface area contributed by atoms with Crippen molar-refractivity contribution in [1.82, 2.24) is 20.2 Å². The summed E-state index contributed by atoms with van der Waals surface area (Å²) in [6.07, 6.45) is 1.69. The van der Waals surface area contributed by atoms with Crippen molar-refractivity contribution < 1.29 is 19.4 Å². The average Bonchev–Trinajstić information content (AvgIpc) is 3.34. The molecule has 1 atom stereocenters. The highest BCUT2D eigenvalue weighted by Gasteiger charge is 2.46. The van der Waals surface area contributed by atoms with Gasteiger partial charge in [0.25, 0.3) is 5.91 Å². The molecule has 136 valence electrons. The number of methoxy groups -OCH3 is 1. The second kappa shape index (κ2) is 6.34. The summed E-state index contributed by atoms with van der Waals surface area (Å²) in [6, 6.07) is 4.63. The Morgan fingerprint density at radius 2 is 2.26 bits per heavy atom. The van der Waals surface area contributed by atoms with Crippen molar-refractivity contribution in [2.75, 3.05) is 7.11 Å². The predicted molar refractivity (Wildman–Crippen MR) is 98.6 cm³/mol. The third-order valence-electron chi connectivity index (χ3n) is 4.25. The molecule has 0 unspecified atom stereocenters. The molecule has 0 radical (unpaired) electrons. The third-order valence-corrected chi connectivity index (χ3v) is 4.84. The van der Waals surface area contributed by atoms with E-state index < -0.39 is 17.5 Å². The Morgan fingerprint density at radius 3 is 2.93 bits per heavy atom. The van der Waals surface area contributed by atoms with Crippen molar-refractivity contribution in [3.63, 3.8) is 0 Å². The van der Waals surface area contributed by atoms with Gasteiger partial charge in [0.1, 0.15) is 11.4 Å². The van der Waals surface area contributed by atoms with Crippen LogP contribution in [0.25, 0.3) is 10.8 Å². The number of aromatic nitrogens is 2. The number of thiazole rings is 1. The number of carbonyl (C=O) groups excluding carboxylic acids is 2. The van der Waals surface area contributed by atoms with Crippen LogP contribution in [0, 0.1) is 11.8 Å². The summed E-state index contributed by atoms with van der Waals surface area (Å²) in [7, 11) is 1.54. The van der Waals surface area contributed by atoms with E-state index in [-0.39, 0.29) is 12.4 Å². The summed E-state index contributed by atoms with van der Waals surface area (Å²) in [5, 5.41) is 18.4. The number of fused-ring (bicyclic) bond motifs is 1. The molecular weight excluding hydrogens is 368 g/mol. The molecule has 8 nitrogen and oxygen atoms in total. The van der Waals surface area contributed by atoms with Crippen LogP contribution in [-0.4, -0.2) is 39.2 Å². The van der Waals surface area contributed by atoms with E-state index in [1.54, 1.807) is 35.3 Å². The number of hydrogen-bond donors (Lipinski definition) is 3. The molecule has 3 N–H and O–H groups in total. The van der Waals surface area contributed by atoms with Gasteiger partial charge in [0.15, 0.2) is 5.88 Å². The molecule has 3 aromatic rings. The van der Waals surface area contributed by atoms with Gasteiger partial charge in [-0.15, -0.1) is 11.3 Å². The highest BCUT2D eigenvalue weighted by Crippen LogP contribution is 2.31. The number of urea groups is 1. The van der Waals surface area contributed by atoms with Crippen LogP contribution in [0.5, 0.6) is 11.6 Å². The maximum absolute atomic E-state index is 12.5. The molecule has 2 aromatic heterocycles. The minimum absolute atomic E-state index is 0.0484. The van der Waals surface area contributed by atoms with Crippen molar-refractivity contribution in [2.45, 2.75) is 12.1 Å². The maximum Gasteiger partial charge on any atom is 0.323 e. The van der Waals surface area contributed by atoms with E-state index >= 15 is 0 Å². The first kappa shape index (κ1) is 16.9. The zero-order valence-corrected chi connectivity index (χ0v) is 15.0. The van der Waals surface area contributed by atoms with Crippen molar-refractivity contribution in [1.29, 1.82) is 0 Å². The number of imide groups is 1. The van der Waals surface area contributed by atoms with Crippen LogP contribution in [0.1, 0.15) is 5.69 Å². The predicted octanol–water partition coefficient (Wildman–Crippen LogP) is 1.44. The number of nitrogens with zero attached hydrogens (tertiary/aromatic N) is 2. The molecule has 0 spiro atoms. The Morgan fingerprint density at radius 1 is 1.41 bits per heavy atom. The van der Waals surface area contributed by atoms with E-state index in [1.165, 1.54) is 23.0 Å². The van der Waals surface area contributed by atoms with Gasteiger partial charge in [-0.1, -0.05) is 5.92 Å². The summed E-state index contributed by atoms with van der Waals surface area (Å²) >= 11 is 1.38. The zero-order chi connectivity index (χ0) is 19.0. The maximum atomic E-state index is 12.5. The summed E-state index contributed by atoms with van der Waals surface area (Å²) in [5.74, 6) is 5.59. The van der Waals surface area contributed by atoms with Crippen LogP contribution in [0.15, 0.2) is 35.3 Å². The smallest absolute Gasteiger partial charge is 0.323 e. The van der Waals surface area contributed by atoms with Crippen LogP contribution in [0.4, 0.5) is 4.79 Å². The van der Waals surface area contributed by atoms with Crippen molar-refractivity contribution >= 4 is 34.0 Å². The van der Waals surface area contributed by atoms with Crippen LogP contribution in [-0.2, 0) is 11.3 Å². The largest absolute Gasteiger partial charge is 0.497 e. The number of amides is 3. The molecule has 0 bridgehead atoms. The summed E-state index contributed by atoms with van der Waals surface area (Å²) in [5.41, 5.74) is 0.610. The second-order valence-corrected chi connectivity index (χ2v) is 6.69. The Labute approximate surface area is 157 Å². The summed E-state index contributed by atoms with van der Waals surface area (Å²) in [4.78, 5) is 28.3. The Balaban J connectivity index is 1.76. The Kier molecular flexibility index (Phi) is 3.97. The summed E-state index contributed by atoms with van der Waals surface area (Å²) < 4.78 is 6.66. The van der Waals surface area contributed by atoms with Gasteiger partial charge in [0.05, 0.1) is 19.2 Å². The molecule has 1 fully saturated rings. The number of hydrogen-bond acceptors (Lipinski definition) is 6. The zero-order valence-electron chi connectivity index (χ0n) is 14.1. The van der Waals surface area contributed by atoms with Gasteiger partial charge in [-0.2, -0.15) is 0 Å². The molecule has 1 aromatic carbocycles. The first-order chi connectivity index (χ1) is 13.0. The van der Waals surface area contributed by atoms with Gasteiger partial charge in [0, 0.05) is 22.3 Å². The monoisotopic (exact) mass is 382 g/mol. The topological polar surface area (TPSA) is 105 Å². The fraction of sp³-hybridized carbons (Fsp3) is 0.167. The van der Waals surface area contributed by atoms with Gasteiger partial charge >= 0.3 is 6.03 Å². The van der Waals surface area contributed by atoms with Gasteiger partial charge in [-0.25, -0.2) is 9.78 Å². The van der Waals surface area contributed by atoms with Gasteiger partial charge in [-0.05, 0) is 24.1 Å². The second-order valence-electron chi connectivity index (χ2n) is 5.97. The van der Waals surface area contributed by atoms with Gasteiger partial charge in [0.2, 0.25) is 5.54 Å². The lowest BCUT2D eigenvalue weighted by Gasteiger charge is -2.20. The van der Waals surface area contributed by atoms with E-state index in [9.17, 15) is 14.7 Å². The number of ether oxygens (including phenoxy) is 1. The minimum Gasteiger partial charge on any atom is -0.497 e. The molecule has 9 heteroatoms. The number of nitrogens with one attached hydrogen (secondary N) is 2. The van der Waals surface area contributed by atoms with E-state index in [4.69, 9.17) is 4.74 Å². The molecule has 3 amide bonds. The van der Waals surface area contributed by atoms with Gasteiger partial charge < -0.3 is 19.7 Å². The standard InChI is InChI=1S/C18H14N4O4S/c1-26-13-3-2-11-7-22(15(23)14(11)6-13)9-18(16(24)20-17(25)21-18)5-4-12-8-27-10-19-12/h2-3,6-8,10,23H,9H2,1H3,(H2,20,21,24,25)/t18-/m1/s1. The van der Waals surface area contributed by atoms with Crippen LogP contribution in [0.2, 0.25) is 0 Å². The average molecular weight is 382 g/mol. The van der Waals surface area contributed by atoms with Crippen molar-refractivity contribution in [3.05, 3.63) is 41.0 Å². The normalized spacial score (nSPS) is 18.7. The molecule has 0 saturated carbocycles. The highest BCUT2D eigenvalue weighted by molar-refractivity contribution is 7.07. The minimum atomic E-state index is -1.52. The molecule has 0 aliphatic carbocycles. The highest BCUT2D eigenvalue weighted by atomic mass is 32.1. The molecule has 1 saturated heterocycles. The summed E-state index contributed by atoms with van der Waals surface area (Å²) in [6.45, 7) is -0.0649. The fourth-order valence-corrected chi connectivity index (χ4v) is 3.39. The molecule has 3 heterocycles. The van der Waals surface area contributed by atoms with Crippen LogP contribution in [0.3, 0.4) is 0 Å². The van der Waals surface area contributed by atoms with Gasteiger partial charge in [-0.3, -0.25) is 10.1 Å². The molecule has 1 aliphatic rings. The van der Waals surface area contributed by atoms with Crippen LogP contribution >= 0.6 is 11.3 Å². The van der Waals surface area contributed by atoms with Crippen molar-refractivity contribution in [2.24, 2.45) is 0 Å². The lowest BCUT2D eigenvalue weighted by Crippen LogP contribution is -2.49. The molecule has 4 rings (SSSR count). The molecule has 27 heavy (non-hydrogen) atoms. The molecule has 1 aliphatic heterocycles. The number of carbonyl (C=O) groups is 2. The first-order valence-electron chi connectivity index (χ1n) is 7.91. The van der Waals surface area contributed by atoms with E-state index in [0.717, 1.165) is 5.39 Å². The molecular formula is C18H14N4O4S. The lowest BCUT2D eigenvalue weighted by atomic mass is 10.0. The fourth-order valence-electron chi connectivity index (χ4n) is 2.90. The van der Waals surface area contributed by atoms with E-state index in [1.807, 2.05) is 0 Å². The lowest BCUT2D eigenvalue weighted by molar-refractivity contribution is -0.122. The number of aromatic hydroxyl groups is 1. The van der Waals surface area contributed by atoms with Crippen molar-refractivity contribution in [3.8, 4) is 23.5 Å². The quantitative estimate of drug-likeness (QED) is 0.470. The SMILES string of the molecule is COc1ccc2cn(C[C@@]3(C#Cc4cscn4)NC(=O)NC3=O)c(O)c2c1. The number of benzene rings is 1. The first-order valence-corrected chi connectivity index (χ1v) is 8.86. The van der Waals surface area contributed by atoms with Crippen LogP contribution < -0.4 is 15.4 Å². The number of rotatable bonds is 3. The van der Waals surface area contributed by atoms with E-state index in [0.29, 0.717) is 16.8 Å². The third kappa shape index (κ3) is 2.96. The Hall–Kier alpha value is -3.51. The Bertz CT molecular complexity index is 1110.